The van der Waals surface area contributed by atoms with Crippen molar-refractivity contribution in [2.45, 2.75) is 19.3 Å². The molecule has 0 unspecified atom stereocenters. The minimum absolute atomic E-state index is 0.548. The van der Waals surface area contributed by atoms with Crippen LogP contribution in [0.15, 0.2) is 24.3 Å². The summed E-state index contributed by atoms with van der Waals surface area (Å²) in [5, 5.41) is 0. The van der Waals surface area contributed by atoms with Crippen LogP contribution in [0.1, 0.15) is 18.4 Å². The molecular weight excluding hydrogens is 263 g/mol. The van der Waals surface area contributed by atoms with Gasteiger partial charge in [-0.05, 0) is 53.1 Å². The fourth-order valence-corrected chi connectivity index (χ4v) is 1.38. The zero-order chi connectivity index (χ0) is 8.81. The molecule has 0 fully saturated rings. The van der Waals surface area contributed by atoms with Gasteiger partial charge in [-0.2, -0.15) is 0 Å². The monoisotopic (exact) mass is 273 g/mol. The number of halogens is 1. The summed E-state index contributed by atoms with van der Waals surface area (Å²) in [6.45, 7) is 0. The third kappa shape index (κ3) is 3.34. The van der Waals surface area contributed by atoms with Crippen LogP contribution in [-0.2, 0) is 11.2 Å². The van der Waals surface area contributed by atoms with Gasteiger partial charge in [0, 0.05) is 9.99 Å². The third-order valence-electron chi connectivity index (χ3n) is 1.66. The number of unbranched alkanes of at least 4 members (excludes halogenated alkanes) is 1. The lowest BCUT2D eigenvalue weighted by Crippen LogP contribution is -1.85. The maximum absolute atomic E-state index is 9.92. The Kier molecular flexibility index (Phi) is 4.29. The predicted octanol–water partition coefficient (Wildman–Crippen LogP) is 2.72. The first-order chi connectivity index (χ1) is 5.83. The van der Waals surface area contributed by atoms with Gasteiger partial charge in [-0.1, -0.05) is 12.1 Å². The van der Waals surface area contributed by atoms with Gasteiger partial charge in [0.05, 0.1) is 0 Å². The Balaban J connectivity index is 2.42. The van der Waals surface area contributed by atoms with Gasteiger partial charge in [0.15, 0.2) is 6.29 Å². The molecule has 0 atom stereocenters. The van der Waals surface area contributed by atoms with E-state index in [2.05, 4.69) is 46.9 Å². The molecule has 0 spiro atoms. The van der Waals surface area contributed by atoms with Gasteiger partial charge in [0.25, 0.3) is 0 Å². The van der Waals surface area contributed by atoms with Crippen molar-refractivity contribution in [1.29, 1.82) is 0 Å². The molecule has 2 heteroatoms. The van der Waals surface area contributed by atoms with Crippen LogP contribution in [0.2, 0.25) is 0 Å². The summed E-state index contributed by atoms with van der Waals surface area (Å²) >= 11 is 2.28. The van der Waals surface area contributed by atoms with Crippen molar-refractivity contribution in [3.05, 3.63) is 33.4 Å². The highest BCUT2D eigenvalue weighted by atomic mass is 127. The maximum atomic E-state index is 9.92. The number of benzene rings is 1. The van der Waals surface area contributed by atoms with E-state index in [1.807, 2.05) is 6.29 Å². The molecule has 0 aromatic heterocycles. The van der Waals surface area contributed by atoms with Crippen molar-refractivity contribution < 1.29 is 4.79 Å². The lowest BCUT2D eigenvalue weighted by molar-refractivity contribution is 0.548. The van der Waals surface area contributed by atoms with E-state index in [0.29, 0.717) is 6.42 Å². The molecule has 0 heterocycles. The van der Waals surface area contributed by atoms with Crippen LogP contribution < -0.4 is 0 Å². The van der Waals surface area contributed by atoms with Crippen LogP contribution >= 0.6 is 22.6 Å². The second-order valence-electron chi connectivity index (χ2n) is 2.62. The normalized spacial score (nSPS) is 9.75. The second-order valence-corrected chi connectivity index (χ2v) is 3.87. The van der Waals surface area contributed by atoms with Gasteiger partial charge in [-0.3, -0.25) is 4.79 Å². The van der Waals surface area contributed by atoms with Gasteiger partial charge in [-0.25, -0.2) is 0 Å². The topological polar surface area (TPSA) is 17.1 Å². The Morgan fingerprint density at radius 2 is 1.92 bits per heavy atom. The van der Waals surface area contributed by atoms with Crippen LogP contribution in [0.5, 0.6) is 0 Å². The molecule has 12 heavy (non-hydrogen) atoms. The van der Waals surface area contributed by atoms with Gasteiger partial charge >= 0.3 is 0 Å². The number of hydrogen-bond acceptors (Lipinski definition) is 1. The fraction of sp³-hybridized carbons (Fsp3) is 0.300. The molecule has 0 aliphatic carbocycles. The highest BCUT2D eigenvalue weighted by Crippen LogP contribution is 2.08. The molecule has 63 valence electrons. The van der Waals surface area contributed by atoms with Gasteiger partial charge in [-0.15, -0.1) is 0 Å². The summed E-state index contributed by atoms with van der Waals surface area (Å²) in [5.74, 6) is 0. The first kappa shape index (κ1) is 9.71. The number of rotatable bonds is 4. The zero-order valence-electron chi connectivity index (χ0n) is 6.72. The van der Waals surface area contributed by atoms with Crippen LogP contribution in [0.3, 0.4) is 0 Å². The lowest BCUT2D eigenvalue weighted by Gasteiger charge is -1.97. The molecule has 1 radical (unpaired) electrons. The molecule has 1 nitrogen and oxygen atoms in total. The fourth-order valence-electron chi connectivity index (χ4n) is 1.02. The van der Waals surface area contributed by atoms with E-state index in [1.165, 1.54) is 9.13 Å². The molecule has 0 amide bonds. The van der Waals surface area contributed by atoms with E-state index in [0.717, 1.165) is 12.8 Å². The van der Waals surface area contributed by atoms with Crippen LogP contribution in [0.4, 0.5) is 0 Å². The Bertz CT molecular complexity index is 241. The highest BCUT2D eigenvalue weighted by Gasteiger charge is 1.92. The minimum atomic E-state index is 0.548. The van der Waals surface area contributed by atoms with Crippen molar-refractivity contribution in [3.63, 3.8) is 0 Å². The number of aryl methyl sites for hydroxylation is 1. The Labute approximate surface area is 86.3 Å². The average molecular weight is 273 g/mol. The van der Waals surface area contributed by atoms with Crippen molar-refractivity contribution in [3.8, 4) is 0 Å². The summed E-state index contributed by atoms with van der Waals surface area (Å²) in [4.78, 5) is 9.92. The van der Waals surface area contributed by atoms with Crippen molar-refractivity contribution in [2.24, 2.45) is 0 Å². The first-order valence-corrected chi connectivity index (χ1v) is 5.00. The van der Waals surface area contributed by atoms with E-state index in [4.69, 9.17) is 0 Å². The van der Waals surface area contributed by atoms with Gasteiger partial charge < -0.3 is 0 Å². The van der Waals surface area contributed by atoms with E-state index >= 15 is 0 Å². The Hall–Kier alpha value is -0.380. The molecule has 0 bridgehead atoms. The molecule has 0 aliphatic rings. The maximum Gasteiger partial charge on any atom is 0.198 e. The van der Waals surface area contributed by atoms with Crippen LogP contribution in [0, 0.1) is 3.57 Å². The minimum Gasteiger partial charge on any atom is -0.291 e. The largest absolute Gasteiger partial charge is 0.291 e. The van der Waals surface area contributed by atoms with E-state index in [9.17, 15) is 4.79 Å². The van der Waals surface area contributed by atoms with Crippen molar-refractivity contribution in [1.82, 2.24) is 0 Å². The summed E-state index contributed by atoms with van der Waals surface area (Å²) in [6.07, 6.45) is 4.33. The Morgan fingerprint density at radius 1 is 1.25 bits per heavy atom. The average Bonchev–Trinajstić information content (AvgIpc) is 2.09. The van der Waals surface area contributed by atoms with E-state index < -0.39 is 0 Å². The van der Waals surface area contributed by atoms with Crippen LogP contribution in [-0.4, -0.2) is 6.29 Å². The summed E-state index contributed by atoms with van der Waals surface area (Å²) in [6, 6.07) is 8.38. The summed E-state index contributed by atoms with van der Waals surface area (Å²) in [5.41, 5.74) is 1.30. The quantitative estimate of drug-likeness (QED) is 0.609. The van der Waals surface area contributed by atoms with Crippen LogP contribution in [0.25, 0.3) is 0 Å². The van der Waals surface area contributed by atoms with E-state index in [1.54, 1.807) is 0 Å². The zero-order valence-corrected chi connectivity index (χ0v) is 8.87. The lowest BCUT2D eigenvalue weighted by atomic mass is 10.1. The predicted molar refractivity (Wildman–Crippen MR) is 57.8 cm³/mol. The summed E-state index contributed by atoms with van der Waals surface area (Å²) < 4.78 is 1.25. The highest BCUT2D eigenvalue weighted by molar-refractivity contribution is 14.1. The first-order valence-electron chi connectivity index (χ1n) is 3.92. The molecule has 0 saturated heterocycles. The SMILES string of the molecule is O=[C]CCCc1ccc(I)cc1. The molecule has 0 aliphatic heterocycles. The van der Waals surface area contributed by atoms with Gasteiger partial charge in [0.1, 0.15) is 0 Å². The Morgan fingerprint density at radius 3 is 2.50 bits per heavy atom. The van der Waals surface area contributed by atoms with Gasteiger partial charge in [0.2, 0.25) is 0 Å². The molecule has 0 N–H and O–H groups in total. The van der Waals surface area contributed by atoms with Crippen molar-refractivity contribution >= 4 is 28.9 Å². The third-order valence-corrected chi connectivity index (χ3v) is 2.38. The summed E-state index contributed by atoms with van der Waals surface area (Å²) in [7, 11) is 0. The second kappa shape index (κ2) is 5.30. The van der Waals surface area contributed by atoms with Crippen molar-refractivity contribution in [2.75, 3.05) is 0 Å². The molecular formula is C10H10IO. The number of hydrogen-bond donors (Lipinski definition) is 0. The smallest absolute Gasteiger partial charge is 0.198 e. The molecule has 1 rings (SSSR count). The van der Waals surface area contributed by atoms with E-state index in [-0.39, 0.29) is 0 Å². The standard InChI is InChI=1S/C10H10IO/c11-10-6-4-9(5-7-10)3-1-2-8-12/h4-7H,1-3H2. The molecule has 1 aromatic rings. The molecule has 1 aromatic carbocycles. The number of carbonyl (C=O) groups excluding carboxylic acids is 1. The molecule has 0 saturated carbocycles.